The Morgan fingerprint density at radius 2 is 1.53 bits per heavy atom. The van der Waals surface area contributed by atoms with Gasteiger partial charge in [0.1, 0.15) is 12.3 Å². The Morgan fingerprint density at radius 1 is 1.00 bits per heavy atom. The van der Waals surface area contributed by atoms with Gasteiger partial charge in [-0.2, -0.15) is 0 Å². The van der Waals surface area contributed by atoms with Gasteiger partial charge < -0.3 is 25.0 Å². The van der Waals surface area contributed by atoms with Crippen LogP contribution >= 0.6 is 23.5 Å². The van der Waals surface area contributed by atoms with Crippen LogP contribution in [0.5, 0.6) is 0 Å². The van der Waals surface area contributed by atoms with Crippen LogP contribution in [0.2, 0.25) is 0 Å². The van der Waals surface area contributed by atoms with Crippen LogP contribution in [0, 0.1) is 5.92 Å². The maximum atomic E-state index is 12.9. The molecule has 1 rings (SSSR count). The van der Waals surface area contributed by atoms with Gasteiger partial charge in [0.05, 0.1) is 12.2 Å². The quantitative estimate of drug-likeness (QED) is 0.362. The van der Waals surface area contributed by atoms with Gasteiger partial charge in [-0.1, -0.05) is 29.8 Å². The zero-order chi connectivity index (χ0) is 22.9. The van der Waals surface area contributed by atoms with Crippen molar-refractivity contribution in [1.82, 2.24) is 10.6 Å². The van der Waals surface area contributed by atoms with Crippen molar-refractivity contribution in [2.24, 2.45) is 5.92 Å². The summed E-state index contributed by atoms with van der Waals surface area (Å²) in [6.07, 6.45) is -0.507. The van der Waals surface area contributed by atoms with Crippen LogP contribution in [0.1, 0.15) is 48.0 Å². The molecule has 1 unspecified atom stereocenters. The van der Waals surface area contributed by atoms with Crippen LogP contribution in [-0.4, -0.2) is 36.5 Å². The minimum absolute atomic E-state index is 0.152. The van der Waals surface area contributed by atoms with Crippen molar-refractivity contribution in [1.29, 1.82) is 0 Å². The zero-order valence-corrected chi connectivity index (χ0v) is 20.9. The number of amides is 3. The fourth-order valence-electron chi connectivity index (χ4n) is 2.60. The van der Waals surface area contributed by atoms with Crippen LogP contribution in [-0.2, 0) is 18.4 Å². The molecule has 0 bridgehead atoms. The maximum absolute atomic E-state index is 12.9. The van der Waals surface area contributed by atoms with E-state index in [2.05, 4.69) is 31.9 Å². The number of rotatable bonds is 11. The smallest absolute Gasteiger partial charge is 0.343 e. The summed E-state index contributed by atoms with van der Waals surface area (Å²) < 4.78 is 24.7. The molecule has 1 atom stereocenters. The summed E-state index contributed by atoms with van der Waals surface area (Å²) in [5.41, 5.74) is 0.597. The van der Waals surface area contributed by atoms with E-state index in [-0.39, 0.29) is 24.4 Å². The number of carbonyl (C=O) groups excluding carboxylic acids is 2. The van der Waals surface area contributed by atoms with Gasteiger partial charge in [-0.3, -0.25) is 9.36 Å². The van der Waals surface area contributed by atoms with Crippen LogP contribution in [0.15, 0.2) is 28.7 Å². The Morgan fingerprint density at radius 3 is 2.00 bits per heavy atom. The molecule has 0 aliphatic heterocycles. The molecule has 0 aliphatic carbocycles. The van der Waals surface area contributed by atoms with Gasteiger partial charge in [0.15, 0.2) is 0 Å². The molecule has 30 heavy (non-hydrogen) atoms. The fraction of sp³-hybridized carbons (Fsp3) is 0.600. The van der Waals surface area contributed by atoms with E-state index in [1.54, 1.807) is 52.0 Å². The first kappa shape index (κ1) is 26.6. The van der Waals surface area contributed by atoms with Crippen molar-refractivity contribution >= 4 is 41.2 Å². The first-order valence-corrected chi connectivity index (χ1v) is 12.5. The van der Waals surface area contributed by atoms with Crippen molar-refractivity contribution in [3.8, 4) is 0 Å². The predicted octanol–water partition coefficient (Wildman–Crippen LogP) is 5.10. The zero-order valence-electron chi connectivity index (χ0n) is 18.4. The molecule has 170 valence electrons. The Kier molecular flexibility index (Phi) is 11.0. The van der Waals surface area contributed by atoms with Crippen molar-refractivity contribution in [3.63, 3.8) is 0 Å². The first-order valence-electron chi connectivity index (χ1n) is 9.97. The van der Waals surface area contributed by atoms with Gasteiger partial charge in [-0.25, -0.2) is 4.79 Å². The van der Waals surface area contributed by atoms with E-state index in [1.165, 1.54) is 0 Å². The summed E-state index contributed by atoms with van der Waals surface area (Å²) in [7, 11) is -3.52. The number of halogens is 1. The molecule has 0 radical (unpaired) electrons. The first-order chi connectivity index (χ1) is 13.9. The largest absolute Gasteiger partial charge is 0.350 e. The number of hydrogen-bond acceptors (Lipinski definition) is 5. The summed E-state index contributed by atoms with van der Waals surface area (Å²) in [5.74, 6) is -0.297. The third-order valence-corrected chi connectivity index (χ3v) is 6.18. The second kappa shape index (κ2) is 12.4. The van der Waals surface area contributed by atoms with Crippen LogP contribution in [0.25, 0.3) is 0 Å². The fourth-order valence-corrected chi connectivity index (χ4v) is 4.70. The number of urea groups is 1. The molecule has 0 saturated heterocycles. The number of carbonyl (C=O) groups is 2. The van der Waals surface area contributed by atoms with Crippen molar-refractivity contribution in [2.75, 3.05) is 11.6 Å². The van der Waals surface area contributed by atoms with Gasteiger partial charge in [0.25, 0.3) is 0 Å². The summed E-state index contributed by atoms with van der Waals surface area (Å²) in [6.45, 7) is 10.9. The predicted molar refractivity (Wildman–Crippen MR) is 123 cm³/mol. The lowest BCUT2D eigenvalue weighted by atomic mass is 10.0. The van der Waals surface area contributed by atoms with E-state index in [4.69, 9.17) is 9.05 Å². The molecule has 10 heteroatoms. The average Bonchev–Trinajstić information content (AvgIpc) is 2.59. The van der Waals surface area contributed by atoms with E-state index in [9.17, 15) is 14.2 Å². The molecule has 1 aromatic carbocycles. The maximum Gasteiger partial charge on any atom is 0.350 e. The van der Waals surface area contributed by atoms with Crippen molar-refractivity contribution < 1.29 is 23.2 Å². The molecule has 0 saturated carbocycles. The highest BCUT2D eigenvalue weighted by molar-refractivity contribution is 9.10. The summed E-state index contributed by atoms with van der Waals surface area (Å²) in [6, 6.07) is 5.78. The molecule has 1 aromatic rings. The van der Waals surface area contributed by atoms with Gasteiger partial charge in [-0.05, 0) is 64.3 Å². The standard InChI is InChI=1S/C20H33BrN3O5P/c1-13(2)11-18(24-20(26)23-17-9-7-16(21)8-10-17)19(25)22-12-30(27,28-14(3)4)29-15(5)6/h7-10,13-15,18H,11-12H2,1-6H3,(H,22,25)(H2,23,24,26). The van der Waals surface area contributed by atoms with Gasteiger partial charge in [-0.15, -0.1) is 0 Å². The van der Waals surface area contributed by atoms with Crippen LogP contribution < -0.4 is 16.0 Å². The third-order valence-electron chi connectivity index (χ3n) is 3.62. The lowest BCUT2D eigenvalue weighted by Crippen LogP contribution is -2.49. The van der Waals surface area contributed by atoms with Crippen molar-refractivity contribution in [2.45, 2.75) is 66.2 Å². The number of benzene rings is 1. The van der Waals surface area contributed by atoms with Gasteiger partial charge >= 0.3 is 13.6 Å². The lowest BCUT2D eigenvalue weighted by Gasteiger charge is -2.25. The van der Waals surface area contributed by atoms with Crippen molar-refractivity contribution in [3.05, 3.63) is 28.7 Å². The molecular formula is C20H33BrN3O5P. The highest BCUT2D eigenvalue weighted by Crippen LogP contribution is 2.49. The lowest BCUT2D eigenvalue weighted by molar-refractivity contribution is -0.123. The molecule has 3 amide bonds. The number of anilines is 1. The summed E-state index contributed by atoms with van der Waals surface area (Å²) >= 11 is 3.34. The van der Waals surface area contributed by atoms with E-state index in [0.29, 0.717) is 12.1 Å². The molecule has 8 nitrogen and oxygen atoms in total. The Hall–Kier alpha value is -1.41. The Labute approximate surface area is 187 Å². The van der Waals surface area contributed by atoms with Gasteiger partial charge in [0, 0.05) is 10.2 Å². The topological polar surface area (TPSA) is 106 Å². The second-order valence-electron chi connectivity index (χ2n) is 7.91. The highest BCUT2D eigenvalue weighted by Gasteiger charge is 2.30. The molecule has 0 spiro atoms. The molecule has 0 aromatic heterocycles. The summed E-state index contributed by atoms with van der Waals surface area (Å²) in [5, 5.41) is 8.00. The second-order valence-corrected chi connectivity index (χ2v) is 10.8. The van der Waals surface area contributed by atoms with E-state index >= 15 is 0 Å². The van der Waals surface area contributed by atoms with E-state index in [0.717, 1.165) is 4.47 Å². The van der Waals surface area contributed by atoms with Gasteiger partial charge in [0.2, 0.25) is 5.91 Å². The van der Waals surface area contributed by atoms with E-state index < -0.39 is 25.6 Å². The minimum Gasteiger partial charge on any atom is -0.343 e. The monoisotopic (exact) mass is 505 g/mol. The van der Waals surface area contributed by atoms with Crippen LogP contribution in [0.4, 0.5) is 10.5 Å². The summed E-state index contributed by atoms with van der Waals surface area (Å²) in [4.78, 5) is 25.1. The normalized spacial score (nSPS) is 12.9. The SMILES string of the molecule is CC(C)CC(NC(=O)Nc1ccc(Br)cc1)C(=O)NCP(=O)(OC(C)C)OC(C)C. The van der Waals surface area contributed by atoms with E-state index in [1.807, 2.05) is 13.8 Å². The number of nitrogens with one attached hydrogen (secondary N) is 3. The Balaban J connectivity index is 2.78. The molecule has 0 heterocycles. The highest BCUT2D eigenvalue weighted by atomic mass is 79.9. The average molecular weight is 506 g/mol. The molecular weight excluding hydrogens is 473 g/mol. The third kappa shape index (κ3) is 10.6. The number of hydrogen-bond donors (Lipinski definition) is 3. The minimum atomic E-state index is -3.52. The van der Waals surface area contributed by atoms with Crippen LogP contribution in [0.3, 0.4) is 0 Å². The molecule has 0 fully saturated rings. The Bertz CT molecular complexity index is 726. The molecule has 3 N–H and O–H groups in total. The molecule has 0 aliphatic rings.